The smallest absolute Gasteiger partial charge is 0.655 e. The molecule has 0 saturated carbocycles. The summed E-state index contributed by atoms with van der Waals surface area (Å²) in [6.07, 6.45) is 5.35. The van der Waals surface area contributed by atoms with E-state index in [0.717, 1.165) is 25.7 Å². The van der Waals surface area contributed by atoms with Crippen molar-refractivity contribution in [3.8, 4) is 0 Å². The maximum absolute atomic E-state index is 10.1. The van der Waals surface area contributed by atoms with Crippen LogP contribution in [0.4, 0.5) is 0 Å². The van der Waals surface area contributed by atoms with Crippen molar-refractivity contribution in [3.05, 3.63) is 10.6 Å². The van der Waals surface area contributed by atoms with E-state index in [2.05, 4.69) is 10.6 Å². The van der Waals surface area contributed by atoms with E-state index < -0.39 is 24.0 Å². The van der Waals surface area contributed by atoms with Gasteiger partial charge < -0.3 is 30.4 Å². The number of nitrogens with zero attached hydrogens (tertiary/aromatic N) is 2. The van der Waals surface area contributed by atoms with Crippen LogP contribution in [0.3, 0.4) is 0 Å². The second-order valence-corrected chi connectivity index (χ2v) is 4.47. The van der Waals surface area contributed by atoms with Crippen LogP contribution in [0, 0.1) is 0 Å². The molecule has 0 spiro atoms. The molecule has 2 rings (SSSR count). The molecular formula is C12H18CuN2O4-2. The minimum Gasteiger partial charge on any atom is -0.655 e. The second-order valence-electron chi connectivity index (χ2n) is 4.47. The first kappa shape index (κ1) is 18.4. The zero-order chi connectivity index (χ0) is 13.4. The van der Waals surface area contributed by atoms with Crippen LogP contribution in [0.15, 0.2) is 0 Å². The van der Waals surface area contributed by atoms with Gasteiger partial charge in [-0.2, -0.15) is 0 Å². The van der Waals surface area contributed by atoms with Gasteiger partial charge in [-0.15, -0.1) is 13.1 Å². The maximum atomic E-state index is 10.1. The molecule has 0 aromatic carbocycles. The van der Waals surface area contributed by atoms with Crippen LogP contribution in [0.2, 0.25) is 0 Å². The molecule has 6 nitrogen and oxygen atoms in total. The number of aliphatic carboxylic acids is 2. The van der Waals surface area contributed by atoms with Crippen LogP contribution in [0.25, 0.3) is 10.6 Å². The number of hydrogen-bond donors (Lipinski definition) is 0. The van der Waals surface area contributed by atoms with Gasteiger partial charge in [0.15, 0.2) is 0 Å². The molecule has 2 aliphatic rings. The van der Waals surface area contributed by atoms with Crippen LogP contribution < -0.4 is 10.2 Å². The summed E-state index contributed by atoms with van der Waals surface area (Å²) in [5, 5.41) is 28.0. The van der Waals surface area contributed by atoms with Gasteiger partial charge in [0.1, 0.15) is 0 Å². The van der Waals surface area contributed by atoms with Crippen molar-refractivity contribution in [3.63, 3.8) is 0 Å². The molecule has 19 heavy (non-hydrogen) atoms. The van der Waals surface area contributed by atoms with E-state index in [1.807, 2.05) is 0 Å². The van der Waals surface area contributed by atoms with Crippen molar-refractivity contribution >= 4 is 11.9 Å². The van der Waals surface area contributed by atoms with Crippen molar-refractivity contribution in [1.82, 2.24) is 0 Å². The molecule has 7 heteroatoms. The van der Waals surface area contributed by atoms with Gasteiger partial charge >= 0.3 is 17.1 Å². The van der Waals surface area contributed by atoms with Gasteiger partial charge in [-0.3, -0.25) is 0 Å². The van der Waals surface area contributed by atoms with Crippen LogP contribution in [-0.4, -0.2) is 37.1 Å². The Kier molecular flexibility index (Phi) is 9.87. The number of carboxylic acid groups (broad SMARTS) is 2. The van der Waals surface area contributed by atoms with E-state index in [9.17, 15) is 19.8 Å². The number of hydrogen-bond acceptors (Lipinski definition) is 4. The van der Waals surface area contributed by atoms with Crippen molar-refractivity contribution in [2.75, 3.05) is 13.1 Å². The van der Waals surface area contributed by atoms with Gasteiger partial charge in [-0.05, 0) is 0 Å². The molecule has 2 heterocycles. The Balaban J connectivity index is 0.000000324. The molecule has 2 unspecified atom stereocenters. The van der Waals surface area contributed by atoms with Crippen molar-refractivity contribution in [1.29, 1.82) is 0 Å². The number of carbonyl (C=O) groups excluding carboxylic acids is 2. The molecule has 0 N–H and O–H groups in total. The van der Waals surface area contributed by atoms with Gasteiger partial charge in [0.2, 0.25) is 0 Å². The topological polar surface area (TPSA) is 108 Å². The van der Waals surface area contributed by atoms with Crippen LogP contribution >= 0.6 is 0 Å². The third-order valence-electron chi connectivity index (χ3n) is 3.01. The van der Waals surface area contributed by atoms with Gasteiger partial charge in [-0.1, -0.05) is 50.6 Å². The van der Waals surface area contributed by atoms with Crippen molar-refractivity contribution in [2.24, 2.45) is 0 Å². The fraction of sp³-hybridized carbons (Fsp3) is 0.833. The summed E-state index contributed by atoms with van der Waals surface area (Å²) in [5.41, 5.74) is 0. The molecule has 0 amide bonds. The summed E-state index contributed by atoms with van der Waals surface area (Å²) in [4.78, 5) is 20.3. The molecule has 1 radical (unpaired) electrons. The van der Waals surface area contributed by atoms with E-state index in [0.29, 0.717) is 25.9 Å². The molecule has 2 atom stereocenters. The fourth-order valence-corrected chi connectivity index (χ4v) is 1.96. The summed E-state index contributed by atoms with van der Waals surface area (Å²) < 4.78 is 0. The third-order valence-corrected chi connectivity index (χ3v) is 3.01. The minimum atomic E-state index is -1.02. The summed E-state index contributed by atoms with van der Waals surface area (Å²) >= 11 is 0. The molecular weight excluding hydrogens is 300 g/mol. The Morgan fingerprint density at radius 3 is 1.32 bits per heavy atom. The predicted octanol–water partition coefficient (Wildman–Crippen LogP) is -0.677. The van der Waals surface area contributed by atoms with E-state index >= 15 is 0 Å². The van der Waals surface area contributed by atoms with Crippen LogP contribution in [0.5, 0.6) is 0 Å². The van der Waals surface area contributed by atoms with Crippen molar-refractivity contribution < 1.29 is 36.9 Å². The summed E-state index contributed by atoms with van der Waals surface area (Å²) in [6.45, 7) is 1.39. The molecule has 0 aliphatic carbocycles. The summed E-state index contributed by atoms with van der Waals surface area (Å²) in [7, 11) is 0. The second kappa shape index (κ2) is 10.2. The van der Waals surface area contributed by atoms with Crippen LogP contribution in [0.1, 0.15) is 38.5 Å². The Morgan fingerprint density at radius 2 is 1.16 bits per heavy atom. The molecule has 2 aliphatic heterocycles. The monoisotopic (exact) mass is 317 g/mol. The van der Waals surface area contributed by atoms with Gasteiger partial charge in [0, 0.05) is 11.9 Å². The average Bonchev–Trinajstić information content (AvgIpc) is 2.41. The quantitative estimate of drug-likeness (QED) is 0.629. The predicted molar refractivity (Wildman–Crippen MR) is 61.7 cm³/mol. The number of piperidine rings is 2. The maximum Gasteiger partial charge on any atom is 2.00 e. The first-order valence-corrected chi connectivity index (χ1v) is 6.36. The Hall–Kier alpha value is -0.621. The van der Waals surface area contributed by atoms with Gasteiger partial charge in [-0.25, -0.2) is 0 Å². The Bertz CT molecular complexity index is 249. The summed E-state index contributed by atoms with van der Waals surface area (Å²) in [5.74, 6) is -2.04. The molecule has 0 aromatic rings. The molecule has 0 bridgehead atoms. The van der Waals surface area contributed by atoms with E-state index in [1.54, 1.807) is 0 Å². The van der Waals surface area contributed by atoms with E-state index in [4.69, 9.17) is 0 Å². The summed E-state index contributed by atoms with van der Waals surface area (Å²) in [6, 6.07) is -1.03. The first-order valence-electron chi connectivity index (χ1n) is 6.36. The number of carbonyl (C=O) groups is 2. The molecule has 0 aromatic heterocycles. The molecule has 2 fully saturated rings. The number of rotatable bonds is 2. The van der Waals surface area contributed by atoms with E-state index in [1.165, 1.54) is 0 Å². The SMILES string of the molecule is O=C([O-])C1CCCC[N-]1.O=C([O-])C1CCCC[N-]1.[Cu+2]. The van der Waals surface area contributed by atoms with Crippen LogP contribution in [-0.2, 0) is 26.7 Å². The minimum absolute atomic E-state index is 0. The third kappa shape index (κ3) is 7.52. The zero-order valence-electron chi connectivity index (χ0n) is 10.6. The Labute approximate surface area is 123 Å². The standard InChI is InChI=1S/2C6H10NO2.Cu/c2*8-6(9)5-3-1-2-4-7-5;/h2*5H,1-4H2,(H,8,9);/q2*-1;+2/p-2. The molecule has 113 valence electrons. The van der Waals surface area contributed by atoms with E-state index in [-0.39, 0.29) is 17.1 Å². The van der Waals surface area contributed by atoms with Gasteiger partial charge in [0.25, 0.3) is 0 Å². The van der Waals surface area contributed by atoms with Gasteiger partial charge in [0.05, 0.1) is 0 Å². The zero-order valence-corrected chi connectivity index (χ0v) is 11.6. The normalized spacial score (nSPS) is 26.3. The Morgan fingerprint density at radius 1 is 0.789 bits per heavy atom. The average molecular weight is 318 g/mol. The number of carboxylic acids is 2. The molecule has 2 saturated heterocycles. The first-order chi connectivity index (χ1) is 8.61. The largest absolute Gasteiger partial charge is 2.00 e. The van der Waals surface area contributed by atoms with Crippen molar-refractivity contribution in [2.45, 2.75) is 50.6 Å². The fourth-order valence-electron chi connectivity index (χ4n) is 1.96.